The minimum atomic E-state index is -0.199. The summed E-state index contributed by atoms with van der Waals surface area (Å²) >= 11 is 0. The molecule has 78 valence electrons. The number of para-hydroxylation sites is 1. The number of benzene rings is 1. The molecule has 0 aromatic heterocycles. The van der Waals surface area contributed by atoms with E-state index in [9.17, 15) is 0 Å². The largest absolute Gasteiger partial charge is 0.493 e. The van der Waals surface area contributed by atoms with Gasteiger partial charge in [0.2, 0.25) is 0 Å². The number of hydrogen-bond acceptors (Lipinski definition) is 3. The molecule has 0 saturated carbocycles. The summed E-state index contributed by atoms with van der Waals surface area (Å²) in [6.45, 7) is 2.20. The highest BCUT2D eigenvalue weighted by molar-refractivity contribution is 5.31. The van der Waals surface area contributed by atoms with Gasteiger partial charge in [0, 0.05) is 5.92 Å². The molecule has 1 rings (SSSR count). The highest BCUT2D eigenvalue weighted by atomic mass is 16.5. The van der Waals surface area contributed by atoms with Crippen LogP contribution in [0.4, 0.5) is 0 Å². The Balaban J connectivity index is 2.49. The van der Waals surface area contributed by atoms with Crippen molar-refractivity contribution in [3.63, 3.8) is 0 Å². The van der Waals surface area contributed by atoms with Crippen molar-refractivity contribution in [3.8, 4) is 5.75 Å². The zero-order chi connectivity index (χ0) is 10.4. The van der Waals surface area contributed by atoms with Crippen molar-refractivity contribution in [2.24, 2.45) is 5.92 Å². The van der Waals surface area contributed by atoms with Crippen LogP contribution >= 0.6 is 0 Å². The summed E-state index contributed by atoms with van der Waals surface area (Å²) in [7, 11) is 0. The first kappa shape index (κ1) is 11.0. The highest BCUT2D eigenvalue weighted by Gasteiger charge is 2.07. The lowest BCUT2D eigenvalue weighted by atomic mass is 10.2. The van der Waals surface area contributed by atoms with Gasteiger partial charge in [0.15, 0.2) is 0 Å². The zero-order valence-electron chi connectivity index (χ0n) is 8.31. The van der Waals surface area contributed by atoms with Gasteiger partial charge in [-0.3, -0.25) is 0 Å². The van der Waals surface area contributed by atoms with Gasteiger partial charge in [0.1, 0.15) is 5.75 Å². The molecule has 0 aliphatic heterocycles. The number of rotatable bonds is 5. The highest BCUT2D eigenvalue weighted by Crippen LogP contribution is 2.16. The van der Waals surface area contributed by atoms with E-state index in [1.807, 2.05) is 31.2 Å². The van der Waals surface area contributed by atoms with Crippen LogP contribution in [-0.2, 0) is 0 Å². The molecule has 3 heteroatoms. The van der Waals surface area contributed by atoms with Crippen molar-refractivity contribution in [2.75, 3.05) is 19.8 Å². The van der Waals surface area contributed by atoms with Gasteiger partial charge in [-0.25, -0.2) is 0 Å². The Labute approximate surface area is 84.0 Å². The van der Waals surface area contributed by atoms with Crippen LogP contribution in [0.15, 0.2) is 24.3 Å². The Morgan fingerprint density at radius 3 is 2.43 bits per heavy atom. The second-order valence-corrected chi connectivity index (χ2v) is 3.31. The van der Waals surface area contributed by atoms with Crippen molar-refractivity contribution in [1.82, 2.24) is 0 Å². The van der Waals surface area contributed by atoms with Gasteiger partial charge in [0.05, 0.1) is 19.8 Å². The van der Waals surface area contributed by atoms with Crippen LogP contribution in [0.2, 0.25) is 0 Å². The van der Waals surface area contributed by atoms with Gasteiger partial charge < -0.3 is 14.9 Å². The molecule has 0 radical (unpaired) electrons. The Hall–Kier alpha value is -1.06. The molecule has 0 saturated heterocycles. The summed E-state index contributed by atoms with van der Waals surface area (Å²) < 4.78 is 5.46. The lowest BCUT2D eigenvalue weighted by Crippen LogP contribution is -2.19. The molecule has 0 aliphatic carbocycles. The maximum Gasteiger partial charge on any atom is 0.122 e. The fourth-order valence-electron chi connectivity index (χ4n) is 1.09. The molecule has 0 fully saturated rings. The van der Waals surface area contributed by atoms with E-state index in [2.05, 4.69) is 0 Å². The predicted octanol–water partition coefficient (Wildman–Crippen LogP) is 0.975. The number of aryl methyl sites for hydroxylation is 1. The van der Waals surface area contributed by atoms with Crippen LogP contribution in [0.3, 0.4) is 0 Å². The van der Waals surface area contributed by atoms with Gasteiger partial charge in [-0.1, -0.05) is 18.2 Å². The van der Waals surface area contributed by atoms with Gasteiger partial charge in [-0.05, 0) is 18.6 Å². The molecule has 14 heavy (non-hydrogen) atoms. The van der Waals surface area contributed by atoms with E-state index in [1.165, 1.54) is 0 Å². The number of ether oxygens (including phenoxy) is 1. The molecule has 0 amide bonds. The van der Waals surface area contributed by atoms with Gasteiger partial charge >= 0.3 is 0 Å². The third-order valence-electron chi connectivity index (χ3n) is 2.08. The van der Waals surface area contributed by atoms with E-state index in [-0.39, 0.29) is 19.1 Å². The molecule has 0 aliphatic rings. The number of aliphatic hydroxyl groups excluding tert-OH is 2. The predicted molar refractivity (Wildman–Crippen MR) is 54.3 cm³/mol. The zero-order valence-corrected chi connectivity index (χ0v) is 8.31. The van der Waals surface area contributed by atoms with Crippen LogP contribution in [0.5, 0.6) is 5.75 Å². The molecule has 0 spiro atoms. The SMILES string of the molecule is Cc1ccccc1OCC(CO)CO. The van der Waals surface area contributed by atoms with E-state index in [0.717, 1.165) is 11.3 Å². The third-order valence-corrected chi connectivity index (χ3v) is 2.08. The molecule has 3 nitrogen and oxygen atoms in total. The topological polar surface area (TPSA) is 49.7 Å². The fourth-order valence-corrected chi connectivity index (χ4v) is 1.09. The monoisotopic (exact) mass is 196 g/mol. The van der Waals surface area contributed by atoms with E-state index in [0.29, 0.717) is 6.61 Å². The van der Waals surface area contributed by atoms with Crippen molar-refractivity contribution < 1.29 is 14.9 Å². The average Bonchev–Trinajstić information content (AvgIpc) is 2.22. The second-order valence-electron chi connectivity index (χ2n) is 3.31. The smallest absolute Gasteiger partial charge is 0.122 e. The summed E-state index contributed by atoms with van der Waals surface area (Å²) in [5.41, 5.74) is 1.06. The summed E-state index contributed by atoms with van der Waals surface area (Å²) in [4.78, 5) is 0. The summed E-state index contributed by atoms with van der Waals surface area (Å²) in [5.74, 6) is 0.606. The molecule has 1 aromatic carbocycles. The van der Waals surface area contributed by atoms with E-state index >= 15 is 0 Å². The fraction of sp³-hybridized carbons (Fsp3) is 0.455. The average molecular weight is 196 g/mol. The number of aliphatic hydroxyl groups is 2. The van der Waals surface area contributed by atoms with Crippen molar-refractivity contribution in [2.45, 2.75) is 6.92 Å². The maximum absolute atomic E-state index is 8.83. The third kappa shape index (κ3) is 3.01. The van der Waals surface area contributed by atoms with E-state index < -0.39 is 0 Å². The molecule has 0 bridgehead atoms. The Morgan fingerprint density at radius 1 is 1.21 bits per heavy atom. The first-order chi connectivity index (χ1) is 6.77. The molecule has 0 atom stereocenters. The van der Waals surface area contributed by atoms with Crippen molar-refractivity contribution in [3.05, 3.63) is 29.8 Å². The van der Waals surface area contributed by atoms with Gasteiger partial charge in [-0.15, -0.1) is 0 Å². The minimum absolute atomic E-state index is 0.0532. The normalized spacial score (nSPS) is 10.6. The molecule has 0 heterocycles. The maximum atomic E-state index is 8.83. The van der Waals surface area contributed by atoms with Crippen molar-refractivity contribution >= 4 is 0 Å². The molecule has 0 unspecified atom stereocenters. The van der Waals surface area contributed by atoms with Crippen LogP contribution in [0.1, 0.15) is 5.56 Å². The standard InChI is InChI=1S/C11H16O3/c1-9-4-2-3-5-11(9)14-8-10(6-12)7-13/h2-5,10,12-13H,6-8H2,1H3. The second kappa shape index (κ2) is 5.62. The van der Waals surface area contributed by atoms with Crippen LogP contribution < -0.4 is 4.74 Å². The summed E-state index contributed by atoms with van der Waals surface area (Å²) in [6.07, 6.45) is 0. The molecule has 2 N–H and O–H groups in total. The Morgan fingerprint density at radius 2 is 1.86 bits per heavy atom. The van der Waals surface area contributed by atoms with Gasteiger partial charge in [0.25, 0.3) is 0 Å². The minimum Gasteiger partial charge on any atom is -0.493 e. The summed E-state index contributed by atoms with van der Waals surface area (Å²) in [5, 5.41) is 17.7. The molecule has 1 aromatic rings. The van der Waals surface area contributed by atoms with Crippen LogP contribution in [0, 0.1) is 12.8 Å². The first-order valence-electron chi connectivity index (χ1n) is 4.68. The van der Waals surface area contributed by atoms with Crippen molar-refractivity contribution in [1.29, 1.82) is 0 Å². The van der Waals surface area contributed by atoms with E-state index in [4.69, 9.17) is 14.9 Å². The summed E-state index contributed by atoms with van der Waals surface area (Å²) in [6, 6.07) is 7.68. The lowest BCUT2D eigenvalue weighted by molar-refractivity contribution is 0.106. The van der Waals surface area contributed by atoms with Gasteiger partial charge in [-0.2, -0.15) is 0 Å². The molecular weight excluding hydrogens is 180 g/mol. The van der Waals surface area contributed by atoms with Crippen LogP contribution in [-0.4, -0.2) is 30.0 Å². The van der Waals surface area contributed by atoms with Crippen LogP contribution in [0.25, 0.3) is 0 Å². The quantitative estimate of drug-likeness (QED) is 0.738. The van der Waals surface area contributed by atoms with E-state index in [1.54, 1.807) is 0 Å². The first-order valence-corrected chi connectivity index (χ1v) is 4.68. The molecular formula is C11H16O3. The number of hydrogen-bond donors (Lipinski definition) is 2. The lowest BCUT2D eigenvalue weighted by Gasteiger charge is -2.13. The Kier molecular flexibility index (Phi) is 4.43. The Bertz CT molecular complexity index is 269.